The smallest absolute Gasteiger partial charge is 0.272 e. The van der Waals surface area contributed by atoms with Crippen LogP contribution in [0.4, 0.5) is 10.1 Å². The third kappa shape index (κ3) is 3.41. The molecule has 5 N–H and O–H groups in total. The summed E-state index contributed by atoms with van der Waals surface area (Å²) < 4.78 is 14.7. The summed E-state index contributed by atoms with van der Waals surface area (Å²) in [7, 11) is 1.61. The maximum atomic E-state index is 14.7. The Kier molecular flexibility index (Phi) is 5.50. The number of hydrogen-bond donors (Lipinski definition) is 4. The molecular weight excluding hydrogens is 407 g/mol. The van der Waals surface area contributed by atoms with Crippen molar-refractivity contribution in [1.82, 2.24) is 15.5 Å². The number of aromatic amines is 1. The molecule has 0 atom stereocenters. The number of nitrogens with zero attached hydrogens (tertiary/aromatic N) is 2. The SMILES string of the molecule is [C-]#[N+]c1c(/C(NC)=C(/C(=N)F)c2ccc3c(=O)[nH]nc(CN)c3c2)ccc2ccccc12. The molecule has 0 saturated heterocycles. The van der Waals surface area contributed by atoms with Crippen molar-refractivity contribution < 1.29 is 4.39 Å². The van der Waals surface area contributed by atoms with E-state index in [4.69, 9.17) is 17.7 Å². The van der Waals surface area contributed by atoms with Gasteiger partial charge in [0.05, 0.1) is 23.2 Å². The zero-order valence-corrected chi connectivity index (χ0v) is 17.2. The largest absolute Gasteiger partial charge is 0.388 e. The molecule has 8 heteroatoms. The molecule has 4 aromatic rings. The summed E-state index contributed by atoms with van der Waals surface area (Å²) in [6.45, 7) is 7.82. The number of halogens is 1. The number of hydrogen-bond acceptors (Lipinski definition) is 5. The summed E-state index contributed by atoms with van der Waals surface area (Å²) in [5.74, 6) is -1.18. The van der Waals surface area contributed by atoms with E-state index in [9.17, 15) is 9.18 Å². The Labute approximate surface area is 182 Å². The molecule has 0 aliphatic carbocycles. The van der Waals surface area contributed by atoms with Crippen LogP contribution < -0.4 is 16.6 Å². The quantitative estimate of drug-likeness (QED) is 0.218. The van der Waals surface area contributed by atoms with Crippen LogP contribution in [0.2, 0.25) is 0 Å². The molecule has 32 heavy (non-hydrogen) atoms. The van der Waals surface area contributed by atoms with Crippen LogP contribution in [0.25, 0.3) is 37.7 Å². The van der Waals surface area contributed by atoms with Crippen molar-refractivity contribution in [2.24, 2.45) is 5.73 Å². The lowest BCUT2D eigenvalue weighted by atomic mass is 9.94. The zero-order valence-electron chi connectivity index (χ0n) is 17.2. The predicted molar refractivity (Wildman–Crippen MR) is 125 cm³/mol. The van der Waals surface area contributed by atoms with Gasteiger partial charge in [0.1, 0.15) is 0 Å². The molecule has 0 aliphatic rings. The molecule has 0 fully saturated rings. The van der Waals surface area contributed by atoms with Gasteiger partial charge in [-0.1, -0.05) is 42.5 Å². The molecule has 1 heterocycles. The Morgan fingerprint density at radius 3 is 2.66 bits per heavy atom. The van der Waals surface area contributed by atoms with Gasteiger partial charge in [0.2, 0.25) is 11.7 Å². The average Bonchev–Trinajstić information content (AvgIpc) is 2.81. The first kappa shape index (κ1) is 20.9. The van der Waals surface area contributed by atoms with E-state index in [1.54, 1.807) is 31.3 Å². The van der Waals surface area contributed by atoms with Crippen LogP contribution in [0.1, 0.15) is 16.8 Å². The molecular formula is C24H19FN6O. The van der Waals surface area contributed by atoms with Gasteiger partial charge in [0.25, 0.3) is 5.56 Å². The predicted octanol–water partition coefficient (Wildman–Crippen LogP) is 4.12. The van der Waals surface area contributed by atoms with Gasteiger partial charge in [-0.2, -0.15) is 9.49 Å². The van der Waals surface area contributed by atoms with Crippen molar-refractivity contribution in [3.63, 3.8) is 0 Å². The van der Waals surface area contributed by atoms with Gasteiger partial charge in [0.15, 0.2) is 0 Å². The third-order valence-electron chi connectivity index (χ3n) is 5.35. The molecule has 0 unspecified atom stereocenters. The molecule has 1 aromatic heterocycles. The van der Waals surface area contributed by atoms with Crippen LogP contribution in [0.15, 0.2) is 59.4 Å². The second-order valence-corrected chi connectivity index (χ2v) is 7.07. The molecule has 0 spiro atoms. The molecule has 3 aromatic carbocycles. The number of H-pyrrole nitrogens is 1. The Balaban J connectivity index is 2.06. The number of rotatable bonds is 5. The summed E-state index contributed by atoms with van der Waals surface area (Å²) in [6.07, 6.45) is 0. The average molecular weight is 426 g/mol. The van der Waals surface area contributed by atoms with Gasteiger partial charge in [-0.15, -0.1) is 0 Å². The van der Waals surface area contributed by atoms with Gasteiger partial charge < -0.3 is 11.1 Å². The normalized spacial score (nSPS) is 11.8. The lowest BCUT2D eigenvalue weighted by Gasteiger charge is -2.17. The van der Waals surface area contributed by atoms with Crippen LogP contribution in [0.5, 0.6) is 0 Å². The van der Waals surface area contributed by atoms with E-state index in [1.807, 2.05) is 30.3 Å². The minimum Gasteiger partial charge on any atom is -0.388 e. The highest BCUT2D eigenvalue weighted by molar-refractivity contribution is 6.26. The van der Waals surface area contributed by atoms with Crippen molar-refractivity contribution in [1.29, 1.82) is 5.41 Å². The van der Waals surface area contributed by atoms with E-state index >= 15 is 0 Å². The first-order valence-corrected chi connectivity index (χ1v) is 9.78. The zero-order chi connectivity index (χ0) is 22.8. The van der Waals surface area contributed by atoms with Gasteiger partial charge in [-0.3, -0.25) is 10.2 Å². The molecule has 4 rings (SSSR count). The fourth-order valence-corrected chi connectivity index (χ4v) is 3.88. The molecule has 0 amide bonds. The molecule has 0 aliphatic heterocycles. The first-order valence-electron chi connectivity index (χ1n) is 9.78. The third-order valence-corrected chi connectivity index (χ3v) is 5.35. The number of nitrogens with two attached hydrogens (primary N) is 1. The van der Waals surface area contributed by atoms with Gasteiger partial charge >= 0.3 is 0 Å². The molecule has 0 radical (unpaired) electrons. The number of fused-ring (bicyclic) bond motifs is 2. The lowest BCUT2D eigenvalue weighted by Crippen LogP contribution is -2.14. The highest BCUT2D eigenvalue weighted by Crippen LogP contribution is 2.37. The van der Waals surface area contributed by atoms with E-state index in [-0.39, 0.29) is 17.7 Å². The summed E-state index contributed by atoms with van der Waals surface area (Å²) in [5.41, 5.74) is 7.28. The number of benzene rings is 3. The highest BCUT2D eigenvalue weighted by atomic mass is 19.1. The molecule has 0 saturated carbocycles. The van der Waals surface area contributed by atoms with Crippen LogP contribution >= 0.6 is 0 Å². The van der Waals surface area contributed by atoms with E-state index in [2.05, 4.69) is 20.4 Å². The first-order chi connectivity index (χ1) is 15.5. The van der Waals surface area contributed by atoms with Crippen molar-refractivity contribution in [2.75, 3.05) is 7.05 Å². The van der Waals surface area contributed by atoms with Crippen LogP contribution in [0.3, 0.4) is 0 Å². The standard InChI is InChI=1S/C24H19FN6O/c1-28-21-15-6-4-3-5-13(15)7-10-17(21)22(29-2)20(23(25)27)14-8-9-16-18(11-14)19(12-26)30-31-24(16)32/h3-11,27,29H,12,26H2,2H3,(H,31,32)/b22-20-,27-23?. The Morgan fingerprint density at radius 1 is 1.19 bits per heavy atom. The van der Waals surface area contributed by atoms with Gasteiger partial charge in [-0.05, 0) is 28.5 Å². The fourth-order valence-electron chi connectivity index (χ4n) is 3.88. The Morgan fingerprint density at radius 2 is 1.97 bits per heavy atom. The topological polar surface area (TPSA) is 112 Å². The number of aromatic nitrogens is 2. The maximum absolute atomic E-state index is 14.7. The summed E-state index contributed by atoms with van der Waals surface area (Å²) in [4.78, 5) is 15.9. The second-order valence-electron chi connectivity index (χ2n) is 7.07. The summed E-state index contributed by atoms with van der Waals surface area (Å²) in [6, 6.07) is 15.8. The second kappa shape index (κ2) is 8.41. The molecule has 7 nitrogen and oxygen atoms in total. The number of nitrogens with one attached hydrogen (secondary N) is 3. The van der Waals surface area contributed by atoms with Crippen LogP contribution in [0, 0.1) is 12.0 Å². The van der Waals surface area contributed by atoms with E-state index in [1.165, 1.54) is 0 Å². The molecule has 158 valence electrons. The van der Waals surface area contributed by atoms with Crippen molar-refractivity contribution in [3.05, 3.63) is 93.2 Å². The summed E-state index contributed by atoms with van der Waals surface area (Å²) >= 11 is 0. The summed E-state index contributed by atoms with van der Waals surface area (Å²) in [5, 5.41) is 19.7. The Hall–Kier alpha value is -4.35. The van der Waals surface area contributed by atoms with Crippen LogP contribution in [-0.4, -0.2) is 23.2 Å². The van der Waals surface area contributed by atoms with Crippen LogP contribution in [-0.2, 0) is 6.54 Å². The maximum Gasteiger partial charge on any atom is 0.272 e. The minimum absolute atomic E-state index is 0.0298. The minimum atomic E-state index is -1.18. The van der Waals surface area contributed by atoms with Crippen molar-refractivity contribution in [3.8, 4) is 0 Å². The monoisotopic (exact) mass is 426 g/mol. The fraction of sp³-hybridized carbons (Fsp3) is 0.0833. The van der Waals surface area contributed by atoms with Crippen molar-refractivity contribution in [2.45, 2.75) is 6.54 Å². The molecule has 0 bridgehead atoms. The lowest BCUT2D eigenvalue weighted by molar-refractivity contribution is 0.807. The van der Waals surface area contributed by atoms with E-state index < -0.39 is 5.97 Å². The Bertz CT molecular complexity index is 1510. The van der Waals surface area contributed by atoms with E-state index in [0.29, 0.717) is 39.0 Å². The van der Waals surface area contributed by atoms with Crippen molar-refractivity contribution >= 4 is 44.5 Å². The highest BCUT2D eigenvalue weighted by Gasteiger charge is 2.20. The van der Waals surface area contributed by atoms with E-state index in [0.717, 1.165) is 10.8 Å². The number of allylic oxidation sites excluding steroid dienone is 1. The van der Waals surface area contributed by atoms with Gasteiger partial charge in [-0.25, -0.2) is 9.94 Å². The van der Waals surface area contributed by atoms with Gasteiger partial charge in [0, 0.05) is 30.2 Å².